The van der Waals surface area contributed by atoms with Crippen LogP contribution in [0.4, 0.5) is 5.69 Å². The van der Waals surface area contributed by atoms with E-state index in [1.165, 1.54) is 16.7 Å². The van der Waals surface area contributed by atoms with Gasteiger partial charge >= 0.3 is 0 Å². The fourth-order valence-electron chi connectivity index (χ4n) is 3.89. The minimum Gasteiger partial charge on any atom is -0.325 e. The van der Waals surface area contributed by atoms with Gasteiger partial charge in [-0.25, -0.2) is 0 Å². The highest BCUT2D eigenvalue weighted by Gasteiger charge is 2.65. The summed E-state index contributed by atoms with van der Waals surface area (Å²) in [5.41, 5.74) is 5.56. The molecule has 0 aromatic heterocycles. The summed E-state index contributed by atoms with van der Waals surface area (Å²) in [6, 6.07) is 14.6. The normalized spacial score (nSPS) is 27.6. The van der Waals surface area contributed by atoms with Crippen molar-refractivity contribution >= 4 is 17.8 Å². The molecular weight excluding hydrogens is 260 g/mol. The van der Waals surface area contributed by atoms with Crippen LogP contribution in [0.25, 0.3) is 0 Å². The van der Waals surface area contributed by atoms with E-state index in [1.54, 1.807) is 0 Å². The van der Waals surface area contributed by atoms with Gasteiger partial charge < -0.3 is 5.32 Å². The van der Waals surface area contributed by atoms with Crippen LogP contribution in [0.1, 0.15) is 34.6 Å². The van der Waals surface area contributed by atoms with E-state index in [2.05, 4.69) is 34.6 Å². The molecule has 3 heteroatoms. The summed E-state index contributed by atoms with van der Waals surface area (Å²) in [5.74, 6) is 0.448. The molecule has 2 aliphatic heterocycles. The van der Waals surface area contributed by atoms with E-state index < -0.39 is 0 Å². The Balaban J connectivity index is 1.60. The Labute approximate surface area is 122 Å². The number of hydrogen-bond acceptors (Lipinski definition) is 2. The average Bonchev–Trinajstić information content (AvgIpc) is 2.97. The van der Waals surface area contributed by atoms with Gasteiger partial charge in [0.25, 0.3) is 0 Å². The van der Waals surface area contributed by atoms with E-state index in [1.807, 2.05) is 24.4 Å². The number of nitrogens with one attached hydrogen (secondary N) is 1. The SMILES string of the molecule is O=C1Nc2ccccc2[C@]12CC2c1ccc2c(c1)C=NC2. The molecule has 3 aliphatic rings. The molecule has 2 aromatic carbocycles. The summed E-state index contributed by atoms with van der Waals surface area (Å²) in [5, 5.41) is 3.04. The molecule has 1 spiro atoms. The Bertz CT molecular complexity index is 824. The number of anilines is 1. The number of hydrogen-bond donors (Lipinski definition) is 1. The molecule has 2 heterocycles. The van der Waals surface area contributed by atoms with Crippen molar-refractivity contribution < 1.29 is 4.79 Å². The van der Waals surface area contributed by atoms with E-state index in [4.69, 9.17) is 0 Å². The highest BCUT2D eigenvalue weighted by atomic mass is 16.2. The molecule has 2 atom stereocenters. The lowest BCUT2D eigenvalue weighted by Crippen LogP contribution is -2.21. The van der Waals surface area contributed by atoms with Crippen molar-refractivity contribution in [2.24, 2.45) is 4.99 Å². The minimum atomic E-state index is -0.333. The van der Waals surface area contributed by atoms with Crippen LogP contribution in [0.2, 0.25) is 0 Å². The van der Waals surface area contributed by atoms with Gasteiger partial charge in [-0.05, 0) is 40.8 Å². The zero-order valence-electron chi connectivity index (χ0n) is 11.5. The molecule has 1 unspecified atom stereocenters. The van der Waals surface area contributed by atoms with E-state index in [0.29, 0.717) is 5.92 Å². The summed E-state index contributed by atoms with van der Waals surface area (Å²) < 4.78 is 0. The third kappa shape index (κ3) is 1.33. The summed E-state index contributed by atoms with van der Waals surface area (Å²) >= 11 is 0. The Kier molecular flexibility index (Phi) is 1.94. The number of carbonyl (C=O) groups excluding carboxylic acids is 1. The zero-order valence-corrected chi connectivity index (χ0v) is 11.5. The maximum absolute atomic E-state index is 12.5. The van der Waals surface area contributed by atoms with E-state index in [-0.39, 0.29) is 11.3 Å². The third-order valence-electron chi connectivity index (χ3n) is 5.09. The summed E-state index contributed by atoms with van der Waals surface area (Å²) in [6.45, 7) is 0.786. The first-order chi connectivity index (χ1) is 10.3. The highest BCUT2D eigenvalue weighted by molar-refractivity contribution is 6.09. The molecule has 21 heavy (non-hydrogen) atoms. The monoisotopic (exact) mass is 274 g/mol. The smallest absolute Gasteiger partial charge is 0.235 e. The first-order valence-electron chi connectivity index (χ1n) is 7.33. The fraction of sp³-hybridized carbons (Fsp3) is 0.222. The van der Waals surface area contributed by atoms with Crippen LogP contribution in [-0.4, -0.2) is 12.1 Å². The number of para-hydroxylation sites is 1. The first-order valence-corrected chi connectivity index (χ1v) is 7.33. The second-order valence-corrected chi connectivity index (χ2v) is 6.16. The maximum Gasteiger partial charge on any atom is 0.235 e. The Morgan fingerprint density at radius 3 is 3.05 bits per heavy atom. The molecule has 1 N–H and O–H groups in total. The van der Waals surface area contributed by atoms with Crippen LogP contribution in [0.5, 0.6) is 0 Å². The van der Waals surface area contributed by atoms with Crippen LogP contribution in [0.3, 0.4) is 0 Å². The van der Waals surface area contributed by atoms with Crippen LogP contribution >= 0.6 is 0 Å². The second-order valence-electron chi connectivity index (χ2n) is 6.16. The average molecular weight is 274 g/mol. The lowest BCUT2D eigenvalue weighted by Gasteiger charge is -2.09. The van der Waals surface area contributed by atoms with Gasteiger partial charge in [-0.2, -0.15) is 0 Å². The fourth-order valence-corrected chi connectivity index (χ4v) is 3.89. The highest BCUT2D eigenvalue weighted by Crippen LogP contribution is 2.64. The summed E-state index contributed by atoms with van der Waals surface area (Å²) in [4.78, 5) is 16.8. The van der Waals surface area contributed by atoms with Crippen LogP contribution in [0.15, 0.2) is 47.5 Å². The first kappa shape index (κ1) is 11.3. The number of benzene rings is 2. The van der Waals surface area contributed by atoms with E-state index in [0.717, 1.165) is 24.2 Å². The number of rotatable bonds is 1. The van der Waals surface area contributed by atoms with Crippen LogP contribution < -0.4 is 5.32 Å². The Morgan fingerprint density at radius 2 is 2.10 bits per heavy atom. The van der Waals surface area contributed by atoms with Crippen LogP contribution in [-0.2, 0) is 16.8 Å². The standard InChI is InChI=1S/C18H14N2O/c21-17-18(14-3-1-2-4-16(14)20-17)8-15(18)11-5-6-12-9-19-10-13(12)7-11/h1-7,10,15H,8-9H2,(H,20,21)/t15?,18-/m0/s1. The van der Waals surface area contributed by atoms with Crippen molar-refractivity contribution in [3.8, 4) is 0 Å². The van der Waals surface area contributed by atoms with Crippen molar-refractivity contribution in [1.82, 2.24) is 0 Å². The van der Waals surface area contributed by atoms with Crippen molar-refractivity contribution in [3.05, 3.63) is 64.7 Å². The minimum absolute atomic E-state index is 0.155. The van der Waals surface area contributed by atoms with Gasteiger partial charge in [0.1, 0.15) is 0 Å². The molecule has 102 valence electrons. The number of amides is 1. The van der Waals surface area contributed by atoms with Crippen molar-refractivity contribution in [3.63, 3.8) is 0 Å². The van der Waals surface area contributed by atoms with Gasteiger partial charge in [0.05, 0.1) is 12.0 Å². The van der Waals surface area contributed by atoms with E-state index >= 15 is 0 Å². The van der Waals surface area contributed by atoms with Crippen molar-refractivity contribution in [2.45, 2.75) is 24.3 Å². The lowest BCUT2D eigenvalue weighted by atomic mass is 9.91. The molecule has 0 radical (unpaired) electrons. The molecule has 1 fully saturated rings. The molecule has 1 aliphatic carbocycles. The van der Waals surface area contributed by atoms with Gasteiger partial charge in [-0.15, -0.1) is 0 Å². The Hall–Kier alpha value is -2.42. The molecule has 3 nitrogen and oxygen atoms in total. The largest absolute Gasteiger partial charge is 0.325 e. The van der Waals surface area contributed by atoms with Crippen molar-refractivity contribution in [1.29, 1.82) is 0 Å². The topological polar surface area (TPSA) is 41.5 Å². The molecule has 1 saturated carbocycles. The number of aliphatic imine (C=N–C) groups is 1. The maximum atomic E-state index is 12.5. The number of nitrogens with zero attached hydrogens (tertiary/aromatic N) is 1. The second kappa shape index (κ2) is 3.61. The molecule has 2 aromatic rings. The Morgan fingerprint density at radius 1 is 1.19 bits per heavy atom. The lowest BCUT2D eigenvalue weighted by molar-refractivity contribution is -0.118. The van der Waals surface area contributed by atoms with Gasteiger partial charge in [-0.3, -0.25) is 9.79 Å². The van der Waals surface area contributed by atoms with Gasteiger partial charge in [-0.1, -0.05) is 30.3 Å². The zero-order chi connectivity index (χ0) is 14.0. The quantitative estimate of drug-likeness (QED) is 0.853. The third-order valence-corrected chi connectivity index (χ3v) is 5.09. The summed E-state index contributed by atoms with van der Waals surface area (Å²) in [6.07, 6.45) is 2.85. The molecule has 0 saturated heterocycles. The molecular formula is C18H14N2O. The molecule has 1 amide bonds. The molecule has 0 bridgehead atoms. The summed E-state index contributed by atoms with van der Waals surface area (Å²) in [7, 11) is 0. The number of fused-ring (bicyclic) bond motifs is 3. The van der Waals surface area contributed by atoms with Gasteiger partial charge in [0, 0.05) is 17.8 Å². The van der Waals surface area contributed by atoms with E-state index in [9.17, 15) is 4.79 Å². The van der Waals surface area contributed by atoms with Crippen LogP contribution in [0, 0.1) is 0 Å². The van der Waals surface area contributed by atoms with Crippen molar-refractivity contribution in [2.75, 3.05) is 5.32 Å². The predicted molar refractivity (Wildman–Crippen MR) is 81.8 cm³/mol. The molecule has 5 rings (SSSR count). The number of carbonyl (C=O) groups is 1. The van der Waals surface area contributed by atoms with Gasteiger partial charge in [0.2, 0.25) is 5.91 Å². The van der Waals surface area contributed by atoms with Gasteiger partial charge in [0.15, 0.2) is 0 Å². The predicted octanol–water partition coefficient (Wildman–Crippen LogP) is 3.00.